The van der Waals surface area contributed by atoms with E-state index in [0.717, 1.165) is 5.56 Å². The molecule has 0 heterocycles. The summed E-state index contributed by atoms with van der Waals surface area (Å²) in [7, 11) is -3.57. The molecule has 2 aromatic carbocycles. The number of nitrogens with two attached hydrogens (primary N) is 1. The minimum absolute atomic E-state index is 0.114. The summed E-state index contributed by atoms with van der Waals surface area (Å²) < 4.78 is 29.9. The van der Waals surface area contributed by atoms with Gasteiger partial charge in [0.05, 0.1) is 17.3 Å². The molecule has 7 nitrogen and oxygen atoms in total. The van der Waals surface area contributed by atoms with Gasteiger partial charge in [0.1, 0.15) is 12.6 Å². The standard InChI is InChI=1S/C19H22N2O5S/c20-19(23)17(11-12-27(24,25)16-9-5-2-6-10-16)21-18(22)14-26-13-15-7-3-1-4-8-15/h1-10,17H,11-14H2,(H2,20,23)(H,21,22)/t17-/m0/s1. The van der Waals surface area contributed by atoms with E-state index in [0.29, 0.717) is 0 Å². The molecule has 0 aliphatic heterocycles. The first kappa shape index (κ1) is 20.6. The van der Waals surface area contributed by atoms with E-state index in [1.807, 2.05) is 30.3 Å². The van der Waals surface area contributed by atoms with Crippen LogP contribution >= 0.6 is 0 Å². The van der Waals surface area contributed by atoms with Gasteiger partial charge in [-0.3, -0.25) is 9.59 Å². The topological polar surface area (TPSA) is 116 Å². The number of primary amides is 1. The molecule has 2 aromatic rings. The van der Waals surface area contributed by atoms with Crippen LogP contribution in [0.25, 0.3) is 0 Å². The van der Waals surface area contributed by atoms with E-state index >= 15 is 0 Å². The van der Waals surface area contributed by atoms with Gasteiger partial charge in [-0.25, -0.2) is 8.42 Å². The van der Waals surface area contributed by atoms with Crippen LogP contribution in [0.3, 0.4) is 0 Å². The van der Waals surface area contributed by atoms with Gasteiger partial charge in [0.2, 0.25) is 11.8 Å². The maximum absolute atomic E-state index is 12.3. The number of carbonyl (C=O) groups excluding carboxylic acids is 2. The fourth-order valence-corrected chi connectivity index (χ4v) is 3.73. The van der Waals surface area contributed by atoms with E-state index in [-0.39, 0.29) is 30.3 Å². The lowest BCUT2D eigenvalue weighted by atomic mass is 10.2. The second-order valence-corrected chi connectivity index (χ2v) is 8.03. The molecule has 0 fully saturated rings. The number of hydrogen-bond acceptors (Lipinski definition) is 5. The zero-order chi connectivity index (χ0) is 19.7. The highest BCUT2D eigenvalue weighted by Gasteiger charge is 2.22. The Morgan fingerprint density at radius 2 is 1.59 bits per heavy atom. The zero-order valence-corrected chi connectivity index (χ0v) is 15.5. The zero-order valence-electron chi connectivity index (χ0n) is 14.7. The lowest BCUT2D eigenvalue weighted by Crippen LogP contribution is -2.46. The van der Waals surface area contributed by atoms with Crippen molar-refractivity contribution in [1.82, 2.24) is 5.32 Å². The summed E-state index contributed by atoms with van der Waals surface area (Å²) in [4.78, 5) is 23.7. The minimum atomic E-state index is -3.57. The third kappa shape index (κ3) is 6.84. The smallest absolute Gasteiger partial charge is 0.246 e. The van der Waals surface area contributed by atoms with Crippen molar-refractivity contribution in [3.05, 3.63) is 66.2 Å². The van der Waals surface area contributed by atoms with Crippen molar-refractivity contribution < 1.29 is 22.7 Å². The maximum Gasteiger partial charge on any atom is 0.246 e. The van der Waals surface area contributed by atoms with Gasteiger partial charge < -0.3 is 15.8 Å². The number of benzene rings is 2. The molecule has 0 aromatic heterocycles. The summed E-state index contributed by atoms with van der Waals surface area (Å²) >= 11 is 0. The quantitative estimate of drug-likeness (QED) is 0.629. The van der Waals surface area contributed by atoms with Gasteiger partial charge in [0.15, 0.2) is 9.84 Å². The Morgan fingerprint density at radius 3 is 2.19 bits per heavy atom. The summed E-state index contributed by atoms with van der Waals surface area (Å²) in [5.41, 5.74) is 6.19. The molecule has 0 aliphatic carbocycles. The molecule has 0 unspecified atom stereocenters. The minimum Gasteiger partial charge on any atom is -0.368 e. The van der Waals surface area contributed by atoms with Crippen molar-refractivity contribution in [2.24, 2.45) is 5.73 Å². The van der Waals surface area contributed by atoms with Crippen LogP contribution in [0.1, 0.15) is 12.0 Å². The van der Waals surface area contributed by atoms with Crippen molar-refractivity contribution in [1.29, 1.82) is 0 Å². The molecule has 0 saturated heterocycles. The Balaban J connectivity index is 1.84. The molecule has 3 N–H and O–H groups in total. The maximum atomic E-state index is 12.3. The molecular formula is C19H22N2O5S. The van der Waals surface area contributed by atoms with Gasteiger partial charge >= 0.3 is 0 Å². The summed E-state index contributed by atoms with van der Waals surface area (Å²) in [5, 5.41) is 2.42. The van der Waals surface area contributed by atoms with Crippen LogP contribution in [0.2, 0.25) is 0 Å². The average Bonchev–Trinajstić information content (AvgIpc) is 2.66. The van der Waals surface area contributed by atoms with Gasteiger partial charge in [-0.1, -0.05) is 48.5 Å². The normalized spacial score (nSPS) is 12.3. The van der Waals surface area contributed by atoms with Crippen molar-refractivity contribution in [3.63, 3.8) is 0 Å². The number of amides is 2. The third-order valence-corrected chi connectivity index (χ3v) is 5.56. The molecule has 144 valence electrons. The fourth-order valence-electron chi connectivity index (χ4n) is 2.38. The molecule has 8 heteroatoms. The summed E-state index contributed by atoms with van der Waals surface area (Å²) in [6.45, 7) is -0.0119. The van der Waals surface area contributed by atoms with Crippen LogP contribution in [0.5, 0.6) is 0 Å². The second kappa shape index (κ2) is 9.84. The van der Waals surface area contributed by atoms with Crippen LogP contribution in [-0.2, 0) is 30.8 Å². The first-order valence-electron chi connectivity index (χ1n) is 8.36. The Kier molecular flexibility index (Phi) is 7.51. The van der Waals surface area contributed by atoms with Gasteiger partial charge in [-0.05, 0) is 24.1 Å². The Hall–Kier alpha value is -2.71. The first-order valence-corrected chi connectivity index (χ1v) is 10.0. The molecule has 0 radical (unpaired) electrons. The molecule has 2 rings (SSSR count). The number of carbonyl (C=O) groups is 2. The van der Waals surface area contributed by atoms with E-state index in [1.54, 1.807) is 18.2 Å². The number of rotatable bonds is 10. The van der Waals surface area contributed by atoms with Crippen LogP contribution in [-0.4, -0.2) is 38.6 Å². The molecule has 0 spiro atoms. The van der Waals surface area contributed by atoms with Crippen LogP contribution in [0.4, 0.5) is 0 Å². The van der Waals surface area contributed by atoms with Gasteiger partial charge in [0, 0.05) is 0 Å². The van der Waals surface area contributed by atoms with Crippen molar-refractivity contribution in [3.8, 4) is 0 Å². The predicted octanol–water partition coefficient (Wildman–Crippen LogP) is 1.04. The van der Waals surface area contributed by atoms with Crippen LogP contribution in [0, 0.1) is 0 Å². The van der Waals surface area contributed by atoms with Crippen molar-refractivity contribution in [2.75, 3.05) is 12.4 Å². The average molecular weight is 390 g/mol. The molecular weight excluding hydrogens is 368 g/mol. The highest BCUT2D eigenvalue weighted by Crippen LogP contribution is 2.12. The van der Waals surface area contributed by atoms with Gasteiger partial charge in [-0.2, -0.15) is 0 Å². The lowest BCUT2D eigenvalue weighted by molar-refractivity contribution is -0.130. The lowest BCUT2D eigenvalue weighted by Gasteiger charge is -2.15. The van der Waals surface area contributed by atoms with Crippen LogP contribution < -0.4 is 11.1 Å². The Morgan fingerprint density at radius 1 is 1.00 bits per heavy atom. The van der Waals surface area contributed by atoms with Crippen LogP contribution in [0.15, 0.2) is 65.6 Å². The predicted molar refractivity (Wildman–Crippen MR) is 100 cm³/mol. The fraction of sp³-hybridized carbons (Fsp3) is 0.263. The van der Waals surface area contributed by atoms with E-state index in [4.69, 9.17) is 10.5 Å². The number of sulfone groups is 1. The Labute approximate surface area is 158 Å². The largest absolute Gasteiger partial charge is 0.368 e. The summed E-state index contributed by atoms with van der Waals surface area (Å²) in [5.74, 6) is -1.64. The van der Waals surface area contributed by atoms with E-state index in [2.05, 4.69) is 5.32 Å². The molecule has 0 aliphatic rings. The summed E-state index contributed by atoms with van der Waals surface area (Å²) in [6, 6.07) is 16.1. The van der Waals surface area contributed by atoms with Crippen molar-refractivity contribution >= 4 is 21.7 Å². The highest BCUT2D eigenvalue weighted by atomic mass is 32.2. The number of nitrogens with one attached hydrogen (secondary N) is 1. The van der Waals surface area contributed by atoms with Gasteiger partial charge in [-0.15, -0.1) is 0 Å². The highest BCUT2D eigenvalue weighted by molar-refractivity contribution is 7.91. The molecule has 0 bridgehead atoms. The molecule has 27 heavy (non-hydrogen) atoms. The third-order valence-electron chi connectivity index (χ3n) is 3.80. The number of hydrogen-bond donors (Lipinski definition) is 2. The summed E-state index contributed by atoms with van der Waals surface area (Å²) in [6.07, 6.45) is -0.114. The monoisotopic (exact) mass is 390 g/mol. The number of ether oxygens (including phenoxy) is 1. The first-order chi connectivity index (χ1) is 12.9. The SMILES string of the molecule is NC(=O)[C@H](CCS(=O)(=O)c1ccccc1)NC(=O)COCc1ccccc1. The van der Waals surface area contributed by atoms with E-state index in [9.17, 15) is 18.0 Å². The molecule has 0 saturated carbocycles. The molecule has 1 atom stereocenters. The van der Waals surface area contributed by atoms with E-state index in [1.165, 1.54) is 12.1 Å². The van der Waals surface area contributed by atoms with E-state index < -0.39 is 27.7 Å². The Bertz CT molecular complexity index is 854. The van der Waals surface area contributed by atoms with Gasteiger partial charge in [0.25, 0.3) is 0 Å². The second-order valence-electron chi connectivity index (χ2n) is 5.92. The van der Waals surface area contributed by atoms with Crippen molar-refractivity contribution in [2.45, 2.75) is 24.0 Å². The molecule has 2 amide bonds.